The van der Waals surface area contributed by atoms with Crippen LogP contribution in [0.5, 0.6) is 0 Å². The molecule has 5 heteroatoms. The van der Waals surface area contributed by atoms with Crippen molar-refractivity contribution in [1.82, 2.24) is 14.9 Å². The van der Waals surface area contributed by atoms with Gasteiger partial charge in [0.05, 0.1) is 16.8 Å². The van der Waals surface area contributed by atoms with Crippen molar-refractivity contribution in [1.29, 1.82) is 0 Å². The van der Waals surface area contributed by atoms with Crippen molar-refractivity contribution in [2.24, 2.45) is 5.92 Å². The molecule has 1 aliphatic heterocycles. The molecule has 0 radical (unpaired) electrons. The van der Waals surface area contributed by atoms with Crippen LogP contribution < -0.4 is 0 Å². The van der Waals surface area contributed by atoms with Crippen molar-refractivity contribution in [3.63, 3.8) is 0 Å². The van der Waals surface area contributed by atoms with E-state index >= 15 is 0 Å². The third-order valence-corrected chi connectivity index (χ3v) is 4.38. The van der Waals surface area contributed by atoms with Crippen LogP contribution in [0.2, 0.25) is 0 Å². The maximum atomic E-state index is 13.7. The molecule has 0 atom stereocenters. The van der Waals surface area contributed by atoms with E-state index in [0.717, 1.165) is 23.0 Å². The number of benzene rings is 1. The minimum Gasteiger partial charge on any atom is -0.360 e. The summed E-state index contributed by atoms with van der Waals surface area (Å²) in [5.74, 6) is -0.323. The number of amides is 1. The Labute approximate surface area is 133 Å². The number of aromatic amines is 1. The van der Waals surface area contributed by atoms with Gasteiger partial charge >= 0.3 is 0 Å². The smallest absolute Gasteiger partial charge is 0.256 e. The van der Waals surface area contributed by atoms with E-state index in [4.69, 9.17) is 0 Å². The van der Waals surface area contributed by atoms with E-state index < -0.39 is 5.82 Å². The van der Waals surface area contributed by atoms with Gasteiger partial charge in [-0.05, 0) is 36.6 Å². The van der Waals surface area contributed by atoms with Crippen LogP contribution in [0.1, 0.15) is 16.1 Å². The highest BCUT2D eigenvalue weighted by Crippen LogP contribution is 2.25. The van der Waals surface area contributed by atoms with Crippen LogP contribution in [-0.4, -0.2) is 33.9 Å². The lowest BCUT2D eigenvalue weighted by Gasteiger charge is -2.39. The third kappa shape index (κ3) is 2.48. The number of rotatable bonds is 3. The minimum atomic E-state index is -0.459. The normalized spacial score (nSPS) is 14.9. The molecule has 4 nitrogen and oxygen atoms in total. The Balaban J connectivity index is 1.43. The summed E-state index contributed by atoms with van der Waals surface area (Å²) in [7, 11) is 0. The molecule has 0 spiro atoms. The molecule has 0 unspecified atom stereocenters. The first-order chi connectivity index (χ1) is 11.2. The Hall–Kier alpha value is -2.69. The van der Waals surface area contributed by atoms with Crippen molar-refractivity contribution >= 4 is 16.8 Å². The van der Waals surface area contributed by atoms with Gasteiger partial charge in [-0.2, -0.15) is 0 Å². The van der Waals surface area contributed by atoms with Gasteiger partial charge in [0.25, 0.3) is 5.91 Å². The van der Waals surface area contributed by atoms with Gasteiger partial charge in [0.1, 0.15) is 5.82 Å². The van der Waals surface area contributed by atoms with Gasteiger partial charge < -0.3 is 9.88 Å². The molecule has 3 aromatic rings. The highest BCUT2D eigenvalue weighted by Gasteiger charge is 2.32. The van der Waals surface area contributed by atoms with Gasteiger partial charge in [-0.25, -0.2) is 4.39 Å². The average molecular weight is 309 g/mol. The summed E-state index contributed by atoms with van der Waals surface area (Å²) >= 11 is 0. The number of hydrogen-bond acceptors (Lipinski definition) is 2. The molecule has 116 valence electrons. The Kier molecular flexibility index (Phi) is 3.33. The van der Waals surface area contributed by atoms with E-state index in [2.05, 4.69) is 9.97 Å². The largest absolute Gasteiger partial charge is 0.360 e. The zero-order chi connectivity index (χ0) is 15.8. The molecule has 1 aromatic carbocycles. The lowest BCUT2D eigenvalue weighted by Crippen LogP contribution is -2.51. The number of nitrogens with zero attached hydrogens (tertiary/aromatic N) is 2. The first-order valence-electron chi connectivity index (χ1n) is 7.67. The maximum Gasteiger partial charge on any atom is 0.256 e. The molecular formula is C18H16FN3O. The SMILES string of the molecule is O=C(c1ccccc1F)N1CC(Cc2nccc3cc[nH]c23)C1. The number of halogens is 1. The Morgan fingerprint density at radius 1 is 1.26 bits per heavy atom. The molecule has 1 N–H and O–H groups in total. The number of likely N-dealkylation sites (tertiary alicyclic amines) is 1. The number of nitrogens with one attached hydrogen (secondary N) is 1. The fraction of sp³-hybridized carbons (Fsp3) is 0.222. The van der Waals surface area contributed by atoms with Crippen molar-refractivity contribution in [3.05, 3.63) is 65.9 Å². The van der Waals surface area contributed by atoms with Gasteiger partial charge in [0.2, 0.25) is 0 Å². The molecule has 2 aromatic heterocycles. The summed E-state index contributed by atoms with van der Waals surface area (Å²) in [5.41, 5.74) is 2.23. The van der Waals surface area contributed by atoms with Gasteiger partial charge in [-0.1, -0.05) is 12.1 Å². The second-order valence-corrected chi connectivity index (χ2v) is 5.96. The standard InChI is InChI=1S/C18H16FN3O/c19-15-4-2-1-3-14(15)18(23)22-10-12(11-22)9-16-17-13(5-7-20-16)6-8-21-17/h1-8,12,21H,9-11H2. The number of fused-ring (bicyclic) bond motifs is 1. The summed E-state index contributed by atoms with van der Waals surface area (Å²) in [5, 5.41) is 1.15. The first-order valence-corrected chi connectivity index (χ1v) is 7.67. The molecule has 23 heavy (non-hydrogen) atoms. The second kappa shape index (κ2) is 5.50. The van der Waals surface area contributed by atoms with Gasteiger partial charge in [0.15, 0.2) is 0 Å². The van der Waals surface area contributed by atoms with Crippen LogP contribution >= 0.6 is 0 Å². The number of H-pyrrole nitrogens is 1. The topological polar surface area (TPSA) is 49.0 Å². The van der Waals surface area contributed by atoms with Crippen LogP contribution in [0.4, 0.5) is 4.39 Å². The molecular weight excluding hydrogens is 293 g/mol. The van der Waals surface area contributed by atoms with Crippen molar-refractivity contribution < 1.29 is 9.18 Å². The lowest BCUT2D eigenvalue weighted by molar-refractivity contribution is 0.0495. The predicted molar refractivity (Wildman–Crippen MR) is 85.6 cm³/mol. The van der Waals surface area contributed by atoms with E-state index in [1.54, 1.807) is 17.0 Å². The maximum absolute atomic E-state index is 13.7. The summed E-state index contributed by atoms with van der Waals surface area (Å²) in [4.78, 5) is 21.6. The predicted octanol–water partition coefficient (Wildman–Crippen LogP) is 3.02. The van der Waals surface area contributed by atoms with E-state index in [-0.39, 0.29) is 11.5 Å². The van der Waals surface area contributed by atoms with Crippen LogP contribution in [-0.2, 0) is 6.42 Å². The number of aromatic nitrogens is 2. The quantitative estimate of drug-likeness (QED) is 0.808. The first kappa shape index (κ1) is 13.9. The van der Waals surface area contributed by atoms with Crippen molar-refractivity contribution in [3.8, 4) is 0 Å². The Bertz CT molecular complexity index is 867. The molecule has 1 saturated heterocycles. The van der Waals surface area contributed by atoms with E-state index in [9.17, 15) is 9.18 Å². The van der Waals surface area contributed by atoms with Crippen molar-refractivity contribution in [2.75, 3.05) is 13.1 Å². The zero-order valence-corrected chi connectivity index (χ0v) is 12.5. The molecule has 3 heterocycles. The van der Waals surface area contributed by atoms with Gasteiger partial charge in [-0.3, -0.25) is 9.78 Å². The van der Waals surface area contributed by atoms with Crippen LogP contribution in [0.3, 0.4) is 0 Å². The molecule has 4 rings (SSSR count). The van der Waals surface area contributed by atoms with Gasteiger partial charge in [0, 0.05) is 30.9 Å². The molecule has 1 amide bonds. The number of pyridine rings is 1. The van der Waals surface area contributed by atoms with Crippen LogP contribution in [0.25, 0.3) is 10.9 Å². The fourth-order valence-corrected chi connectivity index (χ4v) is 3.14. The average Bonchev–Trinajstić information content (AvgIpc) is 2.99. The molecule has 1 aliphatic rings. The Morgan fingerprint density at radius 3 is 2.91 bits per heavy atom. The molecule has 0 saturated carbocycles. The summed E-state index contributed by atoms with van der Waals surface area (Å²) in [6.45, 7) is 1.29. The van der Waals surface area contributed by atoms with E-state index in [1.165, 1.54) is 12.1 Å². The van der Waals surface area contributed by atoms with E-state index in [1.807, 2.05) is 24.5 Å². The summed E-state index contributed by atoms with van der Waals surface area (Å²) in [6.07, 6.45) is 4.54. The molecule has 0 aliphatic carbocycles. The Morgan fingerprint density at radius 2 is 2.09 bits per heavy atom. The zero-order valence-electron chi connectivity index (χ0n) is 12.5. The summed E-state index contributed by atoms with van der Waals surface area (Å²) < 4.78 is 13.7. The molecule has 1 fully saturated rings. The van der Waals surface area contributed by atoms with Crippen LogP contribution in [0.15, 0.2) is 48.8 Å². The lowest BCUT2D eigenvalue weighted by atomic mass is 9.93. The van der Waals surface area contributed by atoms with E-state index in [0.29, 0.717) is 19.0 Å². The van der Waals surface area contributed by atoms with Crippen molar-refractivity contribution in [2.45, 2.75) is 6.42 Å². The number of hydrogen-bond donors (Lipinski definition) is 1. The highest BCUT2D eigenvalue weighted by molar-refractivity contribution is 5.95. The minimum absolute atomic E-state index is 0.149. The number of carbonyl (C=O) groups is 1. The fourth-order valence-electron chi connectivity index (χ4n) is 3.14. The monoisotopic (exact) mass is 309 g/mol. The highest BCUT2D eigenvalue weighted by atomic mass is 19.1. The number of carbonyl (C=O) groups excluding carboxylic acids is 1. The van der Waals surface area contributed by atoms with Gasteiger partial charge in [-0.15, -0.1) is 0 Å². The summed E-state index contributed by atoms with van der Waals surface area (Å²) in [6, 6.07) is 10.1. The molecule has 0 bridgehead atoms. The second-order valence-electron chi connectivity index (χ2n) is 5.96. The van der Waals surface area contributed by atoms with Crippen LogP contribution in [0, 0.1) is 11.7 Å². The third-order valence-electron chi connectivity index (χ3n) is 4.38.